The van der Waals surface area contributed by atoms with Crippen molar-refractivity contribution in [2.45, 2.75) is 19.1 Å². The molecular formula is C18H15F3N4O2. The highest BCUT2D eigenvalue weighted by Crippen LogP contribution is 2.34. The van der Waals surface area contributed by atoms with E-state index in [4.69, 9.17) is 4.52 Å². The number of hydrogen-bond donors (Lipinski definition) is 2. The molecule has 3 rings (SSSR count). The van der Waals surface area contributed by atoms with Crippen LogP contribution in [0.25, 0.3) is 0 Å². The third kappa shape index (κ3) is 5.06. The van der Waals surface area contributed by atoms with Crippen LogP contribution < -0.4 is 10.6 Å². The molecule has 0 radical (unpaired) electrons. The number of nitrogens with one attached hydrogen (secondary N) is 2. The van der Waals surface area contributed by atoms with Gasteiger partial charge < -0.3 is 15.2 Å². The Morgan fingerprint density at radius 3 is 2.48 bits per heavy atom. The van der Waals surface area contributed by atoms with E-state index in [9.17, 15) is 18.0 Å². The minimum atomic E-state index is -4.57. The number of carbonyl (C=O) groups excluding carboxylic acids is 1. The van der Waals surface area contributed by atoms with Crippen molar-refractivity contribution in [3.63, 3.8) is 0 Å². The molecule has 2 amide bonds. The highest BCUT2D eigenvalue weighted by Gasteiger charge is 2.33. The molecule has 1 aromatic heterocycles. The largest absolute Gasteiger partial charge is 0.418 e. The molecule has 0 aliphatic heterocycles. The number of aromatic nitrogens is 2. The minimum absolute atomic E-state index is 0.109. The average Bonchev–Trinajstić information content (AvgIpc) is 3.08. The van der Waals surface area contributed by atoms with Crippen LogP contribution >= 0.6 is 0 Å². The summed E-state index contributed by atoms with van der Waals surface area (Å²) in [5, 5.41) is 8.38. The van der Waals surface area contributed by atoms with Gasteiger partial charge >= 0.3 is 12.2 Å². The van der Waals surface area contributed by atoms with E-state index in [0.29, 0.717) is 12.2 Å². The Kier molecular flexibility index (Phi) is 5.39. The Bertz CT molecular complexity index is 910. The Labute approximate surface area is 152 Å². The SMILES string of the molecule is O=C(NCc1nc(Cc2ccccc2)no1)Nc1ccccc1C(F)(F)F. The summed E-state index contributed by atoms with van der Waals surface area (Å²) in [5.74, 6) is 0.598. The van der Waals surface area contributed by atoms with Crippen molar-refractivity contribution in [3.8, 4) is 0 Å². The van der Waals surface area contributed by atoms with Crippen LogP contribution in [0.15, 0.2) is 59.1 Å². The summed E-state index contributed by atoms with van der Waals surface area (Å²) < 4.78 is 43.8. The zero-order chi connectivity index (χ0) is 19.3. The molecule has 0 fully saturated rings. The predicted molar refractivity (Wildman–Crippen MR) is 90.8 cm³/mol. The molecule has 0 spiro atoms. The first kappa shape index (κ1) is 18.4. The maximum atomic E-state index is 12.9. The topological polar surface area (TPSA) is 80.1 Å². The highest BCUT2D eigenvalue weighted by atomic mass is 19.4. The minimum Gasteiger partial charge on any atom is -0.337 e. The van der Waals surface area contributed by atoms with Crippen LogP contribution in [0.4, 0.5) is 23.7 Å². The summed E-state index contributed by atoms with van der Waals surface area (Å²) in [7, 11) is 0. The molecule has 0 atom stereocenters. The average molecular weight is 376 g/mol. The first-order valence-corrected chi connectivity index (χ1v) is 7.98. The Hall–Kier alpha value is -3.36. The van der Waals surface area contributed by atoms with Crippen LogP contribution in [0, 0.1) is 0 Å². The highest BCUT2D eigenvalue weighted by molar-refractivity contribution is 5.90. The number of anilines is 1. The molecule has 2 N–H and O–H groups in total. The van der Waals surface area contributed by atoms with Gasteiger partial charge in [-0.25, -0.2) is 4.79 Å². The summed E-state index contributed by atoms with van der Waals surface area (Å²) in [6.45, 7) is -0.109. The number of nitrogens with zero attached hydrogens (tertiary/aromatic N) is 2. The second kappa shape index (κ2) is 7.90. The number of rotatable bonds is 5. The lowest BCUT2D eigenvalue weighted by atomic mass is 10.1. The van der Waals surface area contributed by atoms with E-state index in [1.54, 1.807) is 0 Å². The van der Waals surface area contributed by atoms with E-state index in [1.807, 2.05) is 30.3 Å². The Morgan fingerprint density at radius 1 is 1.04 bits per heavy atom. The fraction of sp³-hybridized carbons (Fsp3) is 0.167. The van der Waals surface area contributed by atoms with Crippen LogP contribution in [-0.2, 0) is 19.1 Å². The lowest BCUT2D eigenvalue weighted by Gasteiger charge is -2.13. The zero-order valence-corrected chi connectivity index (χ0v) is 14.0. The molecule has 27 heavy (non-hydrogen) atoms. The van der Waals surface area contributed by atoms with E-state index in [2.05, 4.69) is 20.8 Å². The lowest BCUT2D eigenvalue weighted by molar-refractivity contribution is -0.136. The fourth-order valence-electron chi connectivity index (χ4n) is 2.37. The van der Waals surface area contributed by atoms with Crippen molar-refractivity contribution >= 4 is 11.7 Å². The summed E-state index contributed by atoms with van der Waals surface area (Å²) in [5.41, 5.74) is -0.264. The number of alkyl halides is 3. The van der Waals surface area contributed by atoms with Gasteiger partial charge in [-0.2, -0.15) is 18.2 Å². The van der Waals surface area contributed by atoms with E-state index < -0.39 is 17.8 Å². The molecule has 0 aliphatic rings. The molecule has 0 bridgehead atoms. The van der Waals surface area contributed by atoms with E-state index in [-0.39, 0.29) is 18.1 Å². The van der Waals surface area contributed by atoms with Gasteiger partial charge in [-0.05, 0) is 17.7 Å². The number of urea groups is 1. The maximum absolute atomic E-state index is 12.9. The number of para-hydroxylation sites is 1. The van der Waals surface area contributed by atoms with Crippen LogP contribution in [0.2, 0.25) is 0 Å². The normalized spacial score (nSPS) is 11.2. The van der Waals surface area contributed by atoms with Crippen LogP contribution in [0.3, 0.4) is 0 Å². The number of halogens is 3. The van der Waals surface area contributed by atoms with Gasteiger partial charge in [0, 0.05) is 6.42 Å². The van der Waals surface area contributed by atoms with Gasteiger partial charge in [-0.15, -0.1) is 0 Å². The van der Waals surface area contributed by atoms with Gasteiger partial charge in [0.15, 0.2) is 5.82 Å². The molecule has 0 aliphatic carbocycles. The summed E-state index contributed by atoms with van der Waals surface area (Å²) in [6, 6.07) is 13.4. The van der Waals surface area contributed by atoms with E-state index >= 15 is 0 Å². The predicted octanol–water partition coefficient (Wildman–Crippen LogP) is 4.00. The molecule has 9 heteroatoms. The van der Waals surface area contributed by atoms with E-state index in [0.717, 1.165) is 11.6 Å². The monoisotopic (exact) mass is 376 g/mol. The van der Waals surface area contributed by atoms with Gasteiger partial charge in [0.05, 0.1) is 17.8 Å². The van der Waals surface area contributed by atoms with Gasteiger partial charge in [0.1, 0.15) is 0 Å². The summed E-state index contributed by atoms with van der Waals surface area (Å²) in [4.78, 5) is 16.0. The molecule has 2 aromatic carbocycles. The second-order valence-corrected chi connectivity index (χ2v) is 5.62. The van der Waals surface area contributed by atoms with Gasteiger partial charge in [-0.3, -0.25) is 0 Å². The third-order valence-corrected chi connectivity index (χ3v) is 3.60. The Balaban J connectivity index is 1.56. The lowest BCUT2D eigenvalue weighted by Crippen LogP contribution is -2.29. The number of benzene rings is 2. The third-order valence-electron chi connectivity index (χ3n) is 3.60. The van der Waals surface area contributed by atoms with Crippen molar-refractivity contribution in [3.05, 3.63) is 77.4 Å². The van der Waals surface area contributed by atoms with Crippen molar-refractivity contribution < 1.29 is 22.5 Å². The maximum Gasteiger partial charge on any atom is 0.418 e. The van der Waals surface area contributed by atoms with E-state index in [1.165, 1.54) is 18.2 Å². The first-order chi connectivity index (χ1) is 12.9. The molecular weight excluding hydrogens is 361 g/mol. The molecule has 1 heterocycles. The van der Waals surface area contributed by atoms with Crippen molar-refractivity contribution in [1.29, 1.82) is 0 Å². The van der Waals surface area contributed by atoms with Gasteiger partial charge in [0.2, 0.25) is 5.89 Å². The summed E-state index contributed by atoms with van der Waals surface area (Å²) >= 11 is 0. The molecule has 0 saturated heterocycles. The molecule has 3 aromatic rings. The van der Waals surface area contributed by atoms with Crippen LogP contribution in [0.5, 0.6) is 0 Å². The Morgan fingerprint density at radius 2 is 1.74 bits per heavy atom. The molecule has 140 valence electrons. The second-order valence-electron chi connectivity index (χ2n) is 5.62. The quantitative estimate of drug-likeness (QED) is 0.705. The number of hydrogen-bond acceptors (Lipinski definition) is 4. The first-order valence-electron chi connectivity index (χ1n) is 7.98. The van der Waals surface area contributed by atoms with Crippen molar-refractivity contribution in [1.82, 2.24) is 15.5 Å². The molecule has 0 saturated carbocycles. The number of amides is 2. The number of carbonyl (C=O) groups is 1. The zero-order valence-electron chi connectivity index (χ0n) is 14.0. The van der Waals surface area contributed by atoms with Crippen LogP contribution in [-0.4, -0.2) is 16.2 Å². The van der Waals surface area contributed by atoms with Crippen molar-refractivity contribution in [2.24, 2.45) is 0 Å². The molecule has 6 nitrogen and oxygen atoms in total. The fourth-order valence-corrected chi connectivity index (χ4v) is 2.37. The van der Waals surface area contributed by atoms with Crippen LogP contribution in [0.1, 0.15) is 22.8 Å². The summed E-state index contributed by atoms with van der Waals surface area (Å²) in [6.07, 6.45) is -4.10. The standard InChI is InChI=1S/C18H15F3N4O2/c19-18(20,21)13-8-4-5-9-14(13)23-17(26)22-11-16-24-15(25-27-16)10-12-6-2-1-3-7-12/h1-9H,10-11H2,(H2,22,23,26). The molecule has 0 unspecified atom stereocenters. The smallest absolute Gasteiger partial charge is 0.337 e. The van der Waals surface area contributed by atoms with Gasteiger partial charge in [-0.1, -0.05) is 47.6 Å². The van der Waals surface area contributed by atoms with Crippen molar-refractivity contribution in [2.75, 3.05) is 5.32 Å². The van der Waals surface area contributed by atoms with Gasteiger partial charge in [0.25, 0.3) is 0 Å².